The number of aromatic nitrogens is 1. The second-order valence-corrected chi connectivity index (χ2v) is 5.66. The lowest BCUT2D eigenvalue weighted by atomic mass is 10.0. The van der Waals surface area contributed by atoms with E-state index in [1.807, 2.05) is 0 Å². The lowest BCUT2D eigenvalue weighted by Gasteiger charge is -2.12. The van der Waals surface area contributed by atoms with Crippen LogP contribution in [-0.2, 0) is 0 Å². The van der Waals surface area contributed by atoms with Gasteiger partial charge in [0.05, 0.1) is 5.01 Å². The number of carbonyl (C=O) groups is 1. The second-order valence-electron chi connectivity index (χ2n) is 4.04. The van der Waals surface area contributed by atoms with E-state index in [0.717, 1.165) is 37.4 Å². The highest BCUT2D eigenvalue weighted by atomic mass is 32.1. The Morgan fingerprint density at radius 1 is 1.56 bits per heavy atom. The minimum Gasteiger partial charge on any atom is -0.476 e. The summed E-state index contributed by atoms with van der Waals surface area (Å²) in [4.78, 5) is 14.9. The topological polar surface area (TPSA) is 53.4 Å². The van der Waals surface area contributed by atoms with Crippen molar-refractivity contribution in [3.05, 3.63) is 16.1 Å². The van der Waals surface area contributed by atoms with Gasteiger partial charge in [-0.2, -0.15) is 0 Å². The van der Waals surface area contributed by atoms with Crippen LogP contribution in [0.2, 0.25) is 0 Å². The van der Waals surface area contributed by atoms with Crippen molar-refractivity contribution in [1.29, 1.82) is 0 Å². The standard InChI is InChI=1S/C10H15N2O2PS/c13-10(14)8-6-16-9(11-8)7-2-1-4-12(15)5-3-7/h6-7H,1-5,15H2,(H,13,14). The highest BCUT2D eigenvalue weighted by molar-refractivity contribution is 7.13. The SMILES string of the molecule is O=C(O)c1csc(C2CCCN(P)CC2)n1. The summed E-state index contributed by atoms with van der Waals surface area (Å²) in [5.74, 6) is -0.493. The van der Waals surface area contributed by atoms with Crippen LogP contribution < -0.4 is 0 Å². The third kappa shape index (κ3) is 2.78. The van der Waals surface area contributed by atoms with Crippen LogP contribution in [0, 0.1) is 0 Å². The Labute approximate surface area is 101 Å². The normalized spacial score (nSPS) is 22.9. The van der Waals surface area contributed by atoms with Crippen LogP contribution in [0.5, 0.6) is 0 Å². The van der Waals surface area contributed by atoms with Crippen molar-refractivity contribution in [2.24, 2.45) is 0 Å². The first-order chi connectivity index (χ1) is 7.66. The molecule has 0 radical (unpaired) electrons. The number of thiazole rings is 1. The summed E-state index contributed by atoms with van der Waals surface area (Å²) >= 11 is 1.48. The van der Waals surface area contributed by atoms with Crippen LogP contribution >= 0.6 is 20.7 Å². The Kier molecular flexibility index (Phi) is 3.90. The fourth-order valence-corrected chi connectivity index (χ4v) is 3.24. The Balaban J connectivity index is 2.07. The predicted molar refractivity (Wildman–Crippen MR) is 66.9 cm³/mol. The van der Waals surface area contributed by atoms with Gasteiger partial charge in [-0.25, -0.2) is 9.78 Å². The van der Waals surface area contributed by atoms with E-state index in [9.17, 15) is 4.79 Å². The molecule has 2 heterocycles. The molecule has 0 aromatic carbocycles. The zero-order valence-electron chi connectivity index (χ0n) is 8.93. The van der Waals surface area contributed by atoms with Gasteiger partial charge in [-0.05, 0) is 19.3 Å². The van der Waals surface area contributed by atoms with E-state index in [-0.39, 0.29) is 5.69 Å². The van der Waals surface area contributed by atoms with Crippen LogP contribution in [0.25, 0.3) is 0 Å². The molecular weight excluding hydrogens is 243 g/mol. The van der Waals surface area contributed by atoms with E-state index in [1.165, 1.54) is 11.3 Å². The molecule has 1 fully saturated rings. The number of carboxylic acid groups (broad SMARTS) is 1. The molecule has 6 heteroatoms. The number of hydrogen-bond donors (Lipinski definition) is 1. The predicted octanol–water partition coefficient (Wildman–Crippen LogP) is 2.20. The van der Waals surface area contributed by atoms with Gasteiger partial charge in [-0.1, -0.05) is 9.39 Å². The summed E-state index contributed by atoms with van der Waals surface area (Å²) in [5, 5.41) is 11.5. The van der Waals surface area contributed by atoms with Crippen LogP contribution in [0.3, 0.4) is 0 Å². The maximum atomic E-state index is 10.7. The number of nitrogens with zero attached hydrogens (tertiary/aromatic N) is 2. The molecule has 16 heavy (non-hydrogen) atoms. The molecule has 0 bridgehead atoms. The van der Waals surface area contributed by atoms with E-state index in [4.69, 9.17) is 5.11 Å². The molecule has 1 N–H and O–H groups in total. The minimum atomic E-state index is -0.927. The molecule has 1 aromatic heterocycles. The van der Waals surface area contributed by atoms with Crippen LogP contribution in [0.1, 0.15) is 40.7 Å². The van der Waals surface area contributed by atoms with E-state index in [2.05, 4.69) is 19.0 Å². The summed E-state index contributed by atoms with van der Waals surface area (Å²) in [5.41, 5.74) is 0.187. The maximum Gasteiger partial charge on any atom is 0.355 e. The van der Waals surface area contributed by atoms with Crippen LogP contribution in [-0.4, -0.2) is 33.8 Å². The molecule has 0 spiro atoms. The molecule has 2 rings (SSSR count). The Morgan fingerprint density at radius 3 is 3.06 bits per heavy atom. The number of carboxylic acids is 1. The molecule has 2 unspecified atom stereocenters. The van der Waals surface area contributed by atoms with E-state index >= 15 is 0 Å². The summed E-state index contributed by atoms with van der Waals surface area (Å²) < 4.78 is 2.24. The molecule has 0 saturated carbocycles. The number of aromatic carboxylic acids is 1. The first kappa shape index (κ1) is 12.0. The van der Waals surface area contributed by atoms with Gasteiger partial charge in [0.15, 0.2) is 5.69 Å². The summed E-state index contributed by atoms with van der Waals surface area (Å²) in [7, 11) is 2.73. The van der Waals surface area contributed by atoms with Crippen molar-refractivity contribution in [3.63, 3.8) is 0 Å². The molecular formula is C10H15N2O2PS. The number of rotatable bonds is 2. The van der Waals surface area contributed by atoms with Gasteiger partial charge < -0.3 is 5.11 Å². The smallest absolute Gasteiger partial charge is 0.355 e. The molecule has 1 aromatic rings. The van der Waals surface area contributed by atoms with Gasteiger partial charge in [0, 0.05) is 24.4 Å². The number of hydrogen-bond acceptors (Lipinski definition) is 4. The molecule has 1 saturated heterocycles. The van der Waals surface area contributed by atoms with Gasteiger partial charge >= 0.3 is 5.97 Å². The second kappa shape index (κ2) is 5.21. The molecule has 88 valence electrons. The van der Waals surface area contributed by atoms with Crippen molar-refractivity contribution in [1.82, 2.24) is 9.65 Å². The van der Waals surface area contributed by atoms with Gasteiger partial charge in [0.2, 0.25) is 0 Å². The molecule has 1 aliphatic heterocycles. The third-order valence-corrected chi connectivity index (χ3v) is 4.38. The Morgan fingerprint density at radius 2 is 2.38 bits per heavy atom. The summed E-state index contributed by atoms with van der Waals surface area (Å²) in [6, 6.07) is 0. The van der Waals surface area contributed by atoms with E-state index in [1.54, 1.807) is 5.38 Å². The van der Waals surface area contributed by atoms with Crippen LogP contribution in [0.15, 0.2) is 5.38 Å². The molecule has 2 atom stereocenters. The van der Waals surface area contributed by atoms with E-state index in [0.29, 0.717) is 5.92 Å². The van der Waals surface area contributed by atoms with Crippen molar-refractivity contribution < 1.29 is 9.90 Å². The Bertz CT molecular complexity index is 383. The average molecular weight is 258 g/mol. The van der Waals surface area contributed by atoms with Crippen molar-refractivity contribution in [2.45, 2.75) is 25.2 Å². The third-order valence-electron chi connectivity index (χ3n) is 2.85. The zero-order valence-corrected chi connectivity index (χ0v) is 10.9. The summed E-state index contributed by atoms with van der Waals surface area (Å²) in [6.07, 6.45) is 3.32. The monoisotopic (exact) mass is 258 g/mol. The average Bonchev–Trinajstić information content (AvgIpc) is 2.63. The van der Waals surface area contributed by atoms with Gasteiger partial charge in [-0.15, -0.1) is 11.3 Å². The van der Waals surface area contributed by atoms with Gasteiger partial charge in [0.25, 0.3) is 0 Å². The quantitative estimate of drug-likeness (QED) is 0.826. The summed E-state index contributed by atoms with van der Waals surface area (Å²) in [6.45, 7) is 2.13. The van der Waals surface area contributed by atoms with E-state index < -0.39 is 5.97 Å². The lowest BCUT2D eigenvalue weighted by molar-refractivity contribution is 0.0691. The fraction of sp³-hybridized carbons (Fsp3) is 0.600. The van der Waals surface area contributed by atoms with Gasteiger partial charge in [-0.3, -0.25) is 4.67 Å². The molecule has 1 aliphatic rings. The van der Waals surface area contributed by atoms with Crippen molar-refractivity contribution in [3.8, 4) is 0 Å². The first-order valence-corrected chi connectivity index (χ1v) is 6.75. The molecule has 4 nitrogen and oxygen atoms in total. The zero-order chi connectivity index (χ0) is 11.5. The highest BCUT2D eigenvalue weighted by Gasteiger charge is 2.20. The maximum absolute atomic E-state index is 10.7. The minimum absolute atomic E-state index is 0.187. The molecule has 0 aliphatic carbocycles. The van der Waals surface area contributed by atoms with Crippen molar-refractivity contribution in [2.75, 3.05) is 13.1 Å². The van der Waals surface area contributed by atoms with Crippen LogP contribution in [0.4, 0.5) is 0 Å². The fourth-order valence-electron chi connectivity index (χ4n) is 1.94. The Hall–Kier alpha value is -0.510. The lowest BCUT2D eigenvalue weighted by Crippen LogP contribution is -2.11. The molecule has 0 amide bonds. The van der Waals surface area contributed by atoms with Crippen molar-refractivity contribution >= 4 is 26.7 Å². The van der Waals surface area contributed by atoms with Gasteiger partial charge in [0.1, 0.15) is 0 Å². The largest absolute Gasteiger partial charge is 0.476 e. The highest BCUT2D eigenvalue weighted by Crippen LogP contribution is 2.30. The first-order valence-electron chi connectivity index (χ1n) is 5.35.